The van der Waals surface area contributed by atoms with Crippen molar-refractivity contribution >= 4 is 11.8 Å². The number of piperidine rings is 1. The van der Waals surface area contributed by atoms with Crippen LogP contribution >= 0.6 is 0 Å². The number of carbonyl (C=O) groups excluding carboxylic acids is 2. The van der Waals surface area contributed by atoms with Gasteiger partial charge in [0, 0.05) is 51.0 Å². The lowest BCUT2D eigenvalue weighted by molar-refractivity contribution is -0.136. The SMILES string of the molecule is O=C1CCCCCN1CCC(=O)N1CCCC2(CCNC2)C1. The van der Waals surface area contributed by atoms with Gasteiger partial charge in [-0.1, -0.05) is 6.42 Å². The number of nitrogens with one attached hydrogen (secondary N) is 1. The molecule has 1 N–H and O–H groups in total. The molecule has 0 aromatic heterocycles. The van der Waals surface area contributed by atoms with Crippen LogP contribution in [0.25, 0.3) is 0 Å². The second-order valence-electron chi connectivity index (χ2n) is 7.29. The summed E-state index contributed by atoms with van der Waals surface area (Å²) in [6.45, 7) is 5.40. The van der Waals surface area contributed by atoms with Gasteiger partial charge in [-0.25, -0.2) is 0 Å². The molecule has 22 heavy (non-hydrogen) atoms. The highest BCUT2D eigenvalue weighted by molar-refractivity contribution is 5.79. The van der Waals surface area contributed by atoms with Crippen LogP contribution in [0, 0.1) is 5.41 Å². The number of hydrogen-bond acceptors (Lipinski definition) is 3. The molecule has 3 saturated heterocycles. The van der Waals surface area contributed by atoms with E-state index in [1.54, 1.807) is 0 Å². The molecular formula is C17H29N3O2. The van der Waals surface area contributed by atoms with Crippen molar-refractivity contribution in [2.45, 2.75) is 51.4 Å². The molecule has 3 fully saturated rings. The molecular weight excluding hydrogens is 278 g/mol. The highest BCUT2D eigenvalue weighted by Gasteiger charge is 2.39. The second kappa shape index (κ2) is 6.99. The molecule has 1 spiro atoms. The average molecular weight is 307 g/mol. The molecule has 2 amide bonds. The molecule has 124 valence electrons. The number of rotatable bonds is 3. The van der Waals surface area contributed by atoms with Crippen LogP contribution in [0.3, 0.4) is 0 Å². The van der Waals surface area contributed by atoms with Gasteiger partial charge >= 0.3 is 0 Å². The van der Waals surface area contributed by atoms with E-state index in [0.717, 1.165) is 58.4 Å². The summed E-state index contributed by atoms with van der Waals surface area (Å²) in [5, 5.41) is 3.45. The first-order valence-electron chi connectivity index (χ1n) is 8.95. The monoisotopic (exact) mass is 307 g/mol. The van der Waals surface area contributed by atoms with E-state index in [-0.39, 0.29) is 11.8 Å². The molecule has 3 rings (SSSR count). The van der Waals surface area contributed by atoms with Gasteiger partial charge < -0.3 is 15.1 Å². The fraction of sp³-hybridized carbons (Fsp3) is 0.882. The lowest BCUT2D eigenvalue weighted by Gasteiger charge is -2.40. The fourth-order valence-corrected chi connectivity index (χ4v) is 4.23. The second-order valence-corrected chi connectivity index (χ2v) is 7.29. The third-order valence-electron chi connectivity index (χ3n) is 5.61. The van der Waals surface area contributed by atoms with Crippen molar-refractivity contribution < 1.29 is 9.59 Å². The fourth-order valence-electron chi connectivity index (χ4n) is 4.23. The number of amides is 2. The zero-order valence-electron chi connectivity index (χ0n) is 13.6. The maximum absolute atomic E-state index is 12.5. The van der Waals surface area contributed by atoms with Crippen molar-refractivity contribution in [2.75, 3.05) is 39.3 Å². The van der Waals surface area contributed by atoms with E-state index in [1.165, 1.54) is 12.8 Å². The van der Waals surface area contributed by atoms with Gasteiger partial charge in [-0.3, -0.25) is 9.59 Å². The van der Waals surface area contributed by atoms with E-state index >= 15 is 0 Å². The van der Waals surface area contributed by atoms with E-state index in [1.807, 2.05) is 4.90 Å². The summed E-state index contributed by atoms with van der Waals surface area (Å²) < 4.78 is 0. The van der Waals surface area contributed by atoms with Crippen LogP contribution in [0.2, 0.25) is 0 Å². The van der Waals surface area contributed by atoms with Crippen molar-refractivity contribution in [2.24, 2.45) is 5.41 Å². The van der Waals surface area contributed by atoms with Gasteiger partial charge in [-0.05, 0) is 38.6 Å². The van der Waals surface area contributed by atoms with Gasteiger partial charge in [-0.15, -0.1) is 0 Å². The first-order valence-corrected chi connectivity index (χ1v) is 8.95. The predicted molar refractivity (Wildman–Crippen MR) is 85.4 cm³/mol. The smallest absolute Gasteiger partial charge is 0.224 e. The van der Waals surface area contributed by atoms with Crippen LogP contribution in [0.5, 0.6) is 0 Å². The molecule has 0 bridgehead atoms. The first kappa shape index (κ1) is 15.8. The molecule has 1 atom stereocenters. The Kier molecular flexibility index (Phi) is 5.01. The Bertz CT molecular complexity index is 418. The molecule has 3 aliphatic heterocycles. The topological polar surface area (TPSA) is 52.7 Å². The van der Waals surface area contributed by atoms with Crippen molar-refractivity contribution in [3.05, 3.63) is 0 Å². The van der Waals surface area contributed by atoms with Crippen LogP contribution in [0.15, 0.2) is 0 Å². The third kappa shape index (κ3) is 3.62. The highest BCUT2D eigenvalue weighted by atomic mass is 16.2. The van der Waals surface area contributed by atoms with Gasteiger partial charge in [0.15, 0.2) is 0 Å². The lowest BCUT2D eigenvalue weighted by Crippen LogP contribution is -2.47. The molecule has 0 radical (unpaired) electrons. The molecule has 0 saturated carbocycles. The van der Waals surface area contributed by atoms with E-state index in [4.69, 9.17) is 0 Å². The molecule has 5 nitrogen and oxygen atoms in total. The minimum absolute atomic E-state index is 0.236. The maximum Gasteiger partial charge on any atom is 0.224 e. The quantitative estimate of drug-likeness (QED) is 0.857. The zero-order valence-corrected chi connectivity index (χ0v) is 13.6. The molecule has 5 heteroatoms. The zero-order chi connectivity index (χ0) is 15.4. The Morgan fingerprint density at radius 3 is 2.86 bits per heavy atom. The highest BCUT2D eigenvalue weighted by Crippen LogP contribution is 2.35. The number of likely N-dealkylation sites (tertiary alicyclic amines) is 2. The maximum atomic E-state index is 12.5. The Balaban J connectivity index is 1.49. The van der Waals surface area contributed by atoms with Gasteiger partial charge in [0.1, 0.15) is 0 Å². The predicted octanol–water partition coefficient (Wildman–Crippen LogP) is 1.38. The van der Waals surface area contributed by atoms with Crippen LogP contribution in [0.1, 0.15) is 51.4 Å². The summed E-state index contributed by atoms with van der Waals surface area (Å²) in [5.74, 6) is 0.475. The Morgan fingerprint density at radius 2 is 2.05 bits per heavy atom. The van der Waals surface area contributed by atoms with Gasteiger partial charge in [0.2, 0.25) is 11.8 Å². The number of nitrogens with zero attached hydrogens (tertiary/aromatic N) is 2. The van der Waals surface area contributed by atoms with Crippen LogP contribution in [-0.4, -0.2) is 60.9 Å². The Morgan fingerprint density at radius 1 is 1.14 bits per heavy atom. The first-order chi connectivity index (χ1) is 10.7. The summed E-state index contributed by atoms with van der Waals surface area (Å²) in [7, 11) is 0. The van der Waals surface area contributed by atoms with Crippen molar-refractivity contribution in [3.8, 4) is 0 Å². The summed E-state index contributed by atoms with van der Waals surface area (Å²) >= 11 is 0. The molecule has 0 aromatic carbocycles. The average Bonchev–Trinajstić information content (AvgIpc) is 2.86. The van der Waals surface area contributed by atoms with Crippen LogP contribution in [0.4, 0.5) is 0 Å². The summed E-state index contributed by atoms with van der Waals surface area (Å²) in [4.78, 5) is 28.5. The van der Waals surface area contributed by atoms with Crippen molar-refractivity contribution in [1.29, 1.82) is 0 Å². The van der Waals surface area contributed by atoms with Crippen LogP contribution in [-0.2, 0) is 9.59 Å². The largest absolute Gasteiger partial charge is 0.342 e. The standard InChI is InChI=1S/C17H29N3O2/c21-15-5-2-1-3-10-19(15)12-6-16(22)20-11-4-7-17(14-20)8-9-18-13-17/h18H,1-14H2. The molecule has 0 aromatic rings. The molecule has 3 aliphatic rings. The number of hydrogen-bond donors (Lipinski definition) is 1. The minimum Gasteiger partial charge on any atom is -0.342 e. The van der Waals surface area contributed by atoms with Gasteiger partial charge in [0.05, 0.1) is 0 Å². The van der Waals surface area contributed by atoms with Crippen LogP contribution < -0.4 is 5.32 Å². The Hall–Kier alpha value is -1.10. The van der Waals surface area contributed by atoms with E-state index in [2.05, 4.69) is 10.2 Å². The van der Waals surface area contributed by atoms with Crippen molar-refractivity contribution in [3.63, 3.8) is 0 Å². The molecule has 3 heterocycles. The third-order valence-corrected chi connectivity index (χ3v) is 5.61. The summed E-state index contributed by atoms with van der Waals surface area (Å²) in [6, 6.07) is 0. The lowest BCUT2D eigenvalue weighted by atomic mass is 9.79. The van der Waals surface area contributed by atoms with Gasteiger partial charge in [0.25, 0.3) is 0 Å². The molecule has 0 aliphatic carbocycles. The summed E-state index contributed by atoms with van der Waals surface area (Å²) in [6.07, 6.45) is 7.94. The Labute approximate surface area is 133 Å². The van der Waals surface area contributed by atoms with E-state index in [9.17, 15) is 9.59 Å². The summed E-state index contributed by atoms with van der Waals surface area (Å²) in [5.41, 5.74) is 0.326. The van der Waals surface area contributed by atoms with E-state index < -0.39 is 0 Å². The number of carbonyl (C=O) groups is 2. The normalized spacial score (nSPS) is 29.9. The minimum atomic E-state index is 0.236. The van der Waals surface area contributed by atoms with Crippen molar-refractivity contribution in [1.82, 2.24) is 15.1 Å². The molecule has 1 unspecified atom stereocenters. The van der Waals surface area contributed by atoms with Gasteiger partial charge in [-0.2, -0.15) is 0 Å². The van der Waals surface area contributed by atoms with E-state index in [0.29, 0.717) is 24.8 Å².